The van der Waals surface area contributed by atoms with Crippen LogP contribution in [0.2, 0.25) is 0 Å². The molecule has 1 fully saturated rings. The molecule has 1 aliphatic carbocycles. The largest absolute Gasteiger partial charge is 0.453 e. The lowest BCUT2D eigenvalue weighted by atomic mass is 9.84. The van der Waals surface area contributed by atoms with Crippen molar-refractivity contribution in [3.05, 3.63) is 0 Å². The van der Waals surface area contributed by atoms with Crippen LogP contribution in [-0.2, 0) is 0 Å². The molecule has 0 nitrogen and oxygen atoms in total. The molecule has 0 heterocycles. The van der Waals surface area contributed by atoms with E-state index in [1.807, 2.05) is 0 Å². The maximum atomic E-state index is 12.9. The summed E-state index contributed by atoms with van der Waals surface area (Å²) in [5, 5.41) is 0. The van der Waals surface area contributed by atoms with Crippen molar-refractivity contribution < 1.29 is 22.0 Å². The van der Waals surface area contributed by atoms with Crippen LogP contribution >= 0.6 is 22.6 Å². The first-order valence-corrected chi connectivity index (χ1v) is 5.60. The van der Waals surface area contributed by atoms with Gasteiger partial charge >= 0.3 is 12.1 Å². The van der Waals surface area contributed by atoms with Crippen molar-refractivity contribution in [2.45, 2.75) is 41.7 Å². The Kier molecular flexibility index (Phi) is 3.64. The first kappa shape index (κ1) is 12.4. The fourth-order valence-electron chi connectivity index (χ4n) is 1.70. The highest BCUT2D eigenvalue weighted by Gasteiger charge is 2.63. The van der Waals surface area contributed by atoms with Gasteiger partial charge in [0.05, 0.1) is 0 Å². The number of rotatable bonds is 1. The molecule has 0 aromatic heterocycles. The lowest BCUT2D eigenvalue weighted by Crippen LogP contribution is -2.47. The SMILES string of the molecule is FC(F)(F)C(F)(F)[C@H]1CCCC[C@@H]1I. The van der Waals surface area contributed by atoms with Crippen LogP contribution in [0.15, 0.2) is 0 Å². The standard InChI is InChI=1S/C8H10F5I/c9-7(10,8(11,12)13)5-3-1-2-4-6(5)14/h5-6H,1-4H2/t5-,6-/m0/s1. The molecule has 2 atom stereocenters. The van der Waals surface area contributed by atoms with Gasteiger partial charge in [-0.1, -0.05) is 35.4 Å². The summed E-state index contributed by atoms with van der Waals surface area (Å²) in [4.78, 5) is 0. The lowest BCUT2D eigenvalue weighted by Gasteiger charge is -2.34. The summed E-state index contributed by atoms with van der Waals surface area (Å²) in [7, 11) is 0. The maximum Gasteiger partial charge on any atom is 0.453 e. The molecule has 0 saturated heterocycles. The van der Waals surface area contributed by atoms with E-state index in [2.05, 4.69) is 0 Å². The van der Waals surface area contributed by atoms with E-state index in [0.29, 0.717) is 12.8 Å². The second kappa shape index (κ2) is 4.09. The van der Waals surface area contributed by atoms with Crippen molar-refractivity contribution in [2.24, 2.45) is 5.92 Å². The van der Waals surface area contributed by atoms with Crippen molar-refractivity contribution in [2.75, 3.05) is 0 Å². The summed E-state index contributed by atoms with van der Waals surface area (Å²) < 4.78 is 61.4. The zero-order valence-corrected chi connectivity index (χ0v) is 9.41. The van der Waals surface area contributed by atoms with Crippen molar-refractivity contribution in [3.8, 4) is 0 Å². The van der Waals surface area contributed by atoms with Gasteiger partial charge < -0.3 is 0 Å². The van der Waals surface area contributed by atoms with Crippen LogP contribution in [0.4, 0.5) is 22.0 Å². The summed E-state index contributed by atoms with van der Waals surface area (Å²) in [6, 6.07) is 0. The van der Waals surface area contributed by atoms with E-state index < -0.39 is 21.9 Å². The van der Waals surface area contributed by atoms with E-state index in [1.54, 1.807) is 22.6 Å². The molecule has 0 amide bonds. The first-order valence-electron chi connectivity index (χ1n) is 4.35. The second-order valence-corrected chi connectivity index (χ2v) is 5.13. The highest BCUT2D eigenvalue weighted by Crippen LogP contribution is 2.48. The van der Waals surface area contributed by atoms with E-state index in [1.165, 1.54) is 0 Å². The predicted octanol–water partition coefficient (Wildman–Crippen LogP) is 4.18. The van der Waals surface area contributed by atoms with Crippen LogP contribution in [0.5, 0.6) is 0 Å². The summed E-state index contributed by atoms with van der Waals surface area (Å²) >= 11 is 1.70. The zero-order valence-electron chi connectivity index (χ0n) is 7.25. The Balaban J connectivity index is 2.79. The Morgan fingerprint density at radius 3 is 1.86 bits per heavy atom. The zero-order chi connectivity index (χ0) is 11.0. The number of alkyl halides is 6. The van der Waals surface area contributed by atoms with Crippen LogP contribution in [0.1, 0.15) is 25.7 Å². The van der Waals surface area contributed by atoms with Gasteiger partial charge in [0.2, 0.25) is 0 Å². The van der Waals surface area contributed by atoms with E-state index in [0.717, 1.165) is 6.42 Å². The fourth-order valence-corrected chi connectivity index (χ4v) is 2.96. The lowest BCUT2D eigenvalue weighted by molar-refractivity contribution is -0.304. The molecule has 0 spiro atoms. The normalized spacial score (nSPS) is 30.4. The average molecular weight is 328 g/mol. The van der Waals surface area contributed by atoms with Gasteiger partial charge in [-0.2, -0.15) is 22.0 Å². The van der Waals surface area contributed by atoms with Gasteiger partial charge in [0.25, 0.3) is 0 Å². The molecule has 0 N–H and O–H groups in total. The van der Waals surface area contributed by atoms with Crippen LogP contribution < -0.4 is 0 Å². The van der Waals surface area contributed by atoms with E-state index >= 15 is 0 Å². The van der Waals surface area contributed by atoms with Crippen LogP contribution in [0, 0.1) is 5.92 Å². The molecule has 14 heavy (non-hydrogen) atoms. The third kappa shape index (κ3) is 2.30. The highest BCUT2D eigenvalue weighted by atomic mass is 127. The van der Waals surface area contributed by atoms with Crippen molar-refractivity contribution in [1.29, 1.82) is 0 Å². The molecule has 6 heteroatoms. The minimum absolute atomic E-state index is 0.0277. The number of hydrogen-bond donors (Lipinski definition) is 0. The second-order valence-electron chi connectivity index (χ2n) is 3.53. The van der Waals surface area contributed by atoms with Gasteiger partial charge in [-0.15, -0.1) is 0 Å². The smallest absolute Gasteiger partial charge is 0.196 e. The molecule has 0 radical (unpaired) electrons. The fraction of sp³-hybridized carbons (Fsp3) is 1.00. The topological polar surface area (TPSA) is 0 Å². The molecule has 0 bridgehead atoms. The summed E-state index contributed by atoms with van der Waals surface area (Å²) in [5.74, 6) is -6.07. The van der Waals surface area contributed by atoms with Gasteiger partial charge in [-0.3, -0.25) is 0 Å². The number of hydrogen-bond acceptors (Lipinski definition) is 0. The third-order valence-electron chi connectivity index (χ3n) is 2.53. The minimum Gasteiger partial charge on any atom is -0.196 e. The van der Waals surface area contributed by atoms with E-state index in [9.17, 15) is 22.0 Å². The molecule has 0 aromatic rings. The molecule has 0 unspecified atom stereocenters. The Morgan fingerprint density at radius 1 is 0.929 bits per heavy atom. The third-order valence-corrected chi connectivity index (χ3v) is 4.02. The van der Waals surface area contributed by atoms with Crippen molar-refractivity contribution in [3.63, 3.8) is 0 Å². The molecule has 1 aliphatic rings. The summed E-state index contributed by atoms with van der Waals surface area (Å²) in [6.07, 6.45) is -3.76. The Morgan fingerprint density at radius 2 is 1.43 bits per heavy atom. The Labute approximate surface area is 92.4 Å². The van der Waals surface area contributed by atoms with Gasteiger partial charge in [0.15, 0.2) is 0 Å². The molecule has 0 aliphatic heterocycles. The maximum absolute atomic E-state index is 12.9. The van der Waals surface area contributed by atoms with Crippen LogP contribution in [-0.4, -0.2) is 16.0 Å². The molecular weight excluding hydrogens is 318 g/mol. The summed E-state index contributed by atoms with van der Waals surface area (Å²) in [5.41, 5.74) is 0. The van der Waals surface area contributed by atoms with E-state index in [4.69, 9.17) is 0 Å². The first-order chi connectivity index (χ1) is 6.27. The van der Waals surface area contributed by atoms with E-state index in [-0.39, 0.29) is 6.42 Å². The Bertz CT molecular complexity index is 200. The van der Waals surface area contributed by atoms with Gasteiger partial charge in [0, 0.05) is 9.84 Å². The van der Waals surface area contributed by atoms with Gasteiger partial charge in [-0.05, 0) is 12.8 Å². The molecule has 84 valence electrons. The predicted molar refractivity (Wildman–Crippen MR) is 50.8 cm³/mol. The van der Waals surface area contributed by atoms with Crippen molar-refractivity contribution >= 4 is 22.6 Å². The highest BCUT2D eigenvalue weighted by molar-refractivity contribution is 14.1. The Hall–Kier alpha value is 0.380. The minimum atomic E-state index is -5.40. The molecule has 0 aromatic carbocycles. The molecule has 1 rings (SSSR count). The summed E-state index contributed by atoms with van der Waals surface area (Å²) in [6.45, 7) is 0. The average Bonchev–Trinajstić information content (AvgIpc) is 2.02. The van der Waals surface area contributed by atoms with Gasteiger partial charge in [0.1, 0.15) is 0 Å². The monoisotopic (exact) mass is 328 g/mol. The van der Waals surface area contributed by atoms with Crippen LogP contribution in [0.25, 0.3) is 0 Å². The number of halogens is 6. The van der Waals surface area contributed by atoms with Crippen molar-refractivity contribution in [1.82, 2.24) is 0 Å². The quantitative estimate of drug-likeness (QED) is 0.385. The molecular formula is C8H10F5I. The molecule has 1 saturated carbocycles. The van der Waals surface area contributed by atoms with Crippen LogP contribution in [0.3, 0.4) is 0 Å². The van der Waals surface area contributed by atoms with Gasteiger partial charge in [-0.25, -0.2) is 0 Å².